The zero-order valence-electron chi connectivity index (χ0n) is 19.5. The van der Waals surface area contributed by atoms with Gasteiger partial charge >= 0.3 is 0 Å². The monoisotopic (exact) mass is 603 g/mol. The standard InChI is InChI=1S/C24H28BrCl2N3O4S/c1-16(24(32)28-17-8-3-4-9-17)29(14-18-20(26)11-7-12-21(18)27)23(31)15-30(35(2,33)34)22-13-6-5-10-19(22)25/h5-7,10-13,16-17H,3-4,8-9,14-15H2,1-2H3,(H,28,32)/t16-/m1/s1. The van der Waals surface area contributed by atoms with Crippen LogP contribution >= 0.6 is 39.1 Å². The van der Waals surface area contributed by atoms with Crippen molar-refractivity contribution >= 4 is 66.7 Å². The summed E-state index contributed by atoms with van der Waals surface area (Å²) in [6.45, 7) is 1.07. The predicted octanol–water partition coefficient (Wildman–Crippen LogP) is 5.00. The van der Waals surface area contributed by atoms with Crippen LogP contribution in [0.4, 0.5) is 5.69 Å². The number of halogens is 3. The third-order valence-corrected chi connectivity index (χ3v) is 8.56. The lowest BCUT2D eigenvalue weighted by atomic mass is 10.1. The Labute approximate surface area is 224 Å². The first-order chi connectivity index (χ1) is 16.5. The largest absolute Gasteiger partial charge is 0.352 e. The number of para-hydroxylation sites is 1. The van der Waals surface area contributed by atoms with Crippen LogP contribution in [0.3, 0.4) is 0 Å². The molecule has 190 valence electrons. The van der Waals surface area contributed by atoms with Crippen LogP contribution in [0.25, 0.3) is 0 Å². The summed E-state index contributed by atoms with van der Waals surface area (Å²) in [5.41, 5.74) is 0.804. The van der Waals surface area contributed by atoms with Gasteiger partial charge in [0.2, 0.25) is 21.8 Å². The number of hydrogen-bond acceptors (Lipinski definition) is 4. The van der Waals surface area contributed by atoms with Gasteiger partial charge in [-0.25, -0.2) is 8.42 Å². The molecule has 0 aromatic heterocycles. The van der Waals surface area contributed by atoms with E-state index in [1.165, 1.54) is 4.90 Å². The first-order valence-electron chi connectivity index (χ1n) is 11.2. The summed E-state index contributed by atoms with van der Waals surface area (Å²) >= 11 is 16.1. The van der Waals surface area contributed by atoms with E-state index in [-0.39, 0.29) is 18.5 Å². The third kappa shape index (κ3) is 7.12. The molecule has 11 heteroatoms. The lowest BCUT2D eigenvalue weighted by Crippen LogP contribution is -2.52. The van der Waals surface area contributed by atoms with E-state index in [4.69, 9.17) is 23.2 Å². The normalized spacial score (nSPS) is 15.0. The molecule has 0 aliphatic heterocycles. The quantitative estimate of drug-likeness (QED) is 0.436. The molecule has 1 aliphatic rings. The molecule has 1 saturated carbocycles. The fraction of sp³-hybridized carbons (Fsp3) is 0.417. The van der Waals surface area contributed by atoms with Crippen molar-refractivity contribution in [2.75, 3.05) is 17.1 Å². The van der Waals surface area contributed by atoms with Gasteiger partial charge in [0.25, 0.3) is 0 Å². The van der Waals surface area contributed by atoms with E-state index >= 15 is 0 Å². The molecule has 1 aliphatic carbocycles. The maximum atomic E-state index is 13.6. The molecule has 0 radical (unpaired) electrons. The Kier molecular flexibility index (Phi) is 9.48. The Hall–Kier alpha value is -1.81. The molecular weight excluding hydrogens is 577 g/mol. The first kappa shape index (κ1) is 27.8. The van der Waals surface area contributed by atoms with E-state index in [1.54, 1.807) is 49.4 Å². The Balaban J connectivity index is 1.93. The summed E-state index contributed by atoms with van der Waals surface area (Å²) in [5.74, 6) is -0.864. The molecule has 1 fully saturated rings. The lowest BCUT2D eigenvalue weighted by Gasteiger charge is -2.32. The number of rotatable bonds is 9. The molecule has 0 heterocycles. The minimum Gasteiger partial charge on any atom is -0.352 e. The number of nitrogens with zero attached hydrogens (tertiary/aromatic N) is 2. The van der Waals surface area contributed by atoms with Crippen LogP contribution in [0.1, 0.15) is 38.2 Å². The summed E-state index contributed by atoms with van der Waals surface area (Å²) in [6.07, 6.45) is 4.92. The van der Waals surface area contributed by atoms with Crippen LogP contribution in [0, 0.1) is 0 Å². The molecule has 2 amide bonds. The molecule has 0 spiro atoms. The van der Waals surface area contributed by atoms with Crippen LogP contribution in [0.5, 0.6) is 0 Å². The van der Waals surface area contributed by atoms with Gasteiger partial charge in [0, 0.05) is 32.7 Å². The molecule has 35 heavy (non-hydrogen) atoms. The summed E-state index contributed by atoms with van der Waals surface area (Å²) in [6, 6.07) is 10.9. The van der Waals surface area contributed by atoms with E-state index in [2.05, 4.69) is 21.2 Å². The Morgan fingerprint density at radius 2 is 1.69 bits per heavy atom. The molecule has 0 saturated heterocycles. The average molecular weight is 605 g/mol. The highest BCUT2D eigenvalue weighted by Crippen LogP contribution is 2.29. The molecular formula is C24H28BrCl2N3O4S. The highest BCUT2D eigenvalue weighted by molar-refractivity contribution is 9.10. The zero-order chi connectivity index (χ0) is 25.8. The number of hydrogen-bond donors (Lipinski definition) is 1. The van der Waals surface area contributed by atoms with E-state index in [0.717, 1.165) is 36.2 Å². The van der Waals surface area contributed by atoms with Crippen LogP contribution in [-0.2, 0) is 26.2 Å². The van der Waals surface area contributed by atoms with Crippen molar-refractivity contribution in [2.45, 2.75) is 51.2 Å². The molecule has 0 bridgehead atoms. The topological polar surface area (TPSA) is 86.8 Å². The van der Waals surface area contributed by atoms with Crippen LogP contribution in [0.2, 0.25) is 10.0 Å². The summed E-state index contributed by atoms with van der Waals surface area (Å²) < 4.78 is 26.8. The molecule has 0 unspecified atom stereocenters. The SMILES string of the molecule is C[C@H](C(=O)NC1CCCC1)N(Cc1c(Cl)cccc1Cl)C(=O)CN(c1ccccc1Br)S(C)(=O)=O. The van der Waals surface area contributed by atoms with Gasteiger partial charge in [-0.2, -0.15) is 0 Å². The number of benzene rings is 2. The lowest BCUT2D eigenvalue weighted by molar-refractivity contribution is -0.139. The average Bonchev–Trinajstić information content (AvgIpc) is 3.29. The minimum atomic E-state index is -3.82. The van der Waals surface area contributed by atoms with Gasteiger partial charge in [0.15, 0.2) is 0 Å². The number of nitrogens with one attached hydrogen (secondary N) is 1. The number of amides is 2. The Morgan fingerprint density at radius 3 is 2.26 bits per heavy atom. The van der Waals surface area contributed by atoms with Crippen molar-refractivity contribution in [3.63, 3.8) is 0 Å². The van der Waals surface area contributed by atoms with Crippen LogP contribution < -0.4 is 9.62 Å². The number of carbonyl (C=O) groups is 2. The molecule has 1 atom stereocenters. The van der Waals surface area contributed by atoms with E-state index < -0.39 is 28.5 Å². The number of sulfonamides is 1. The Morgan fingerprint density at radius 1 is 1.09 bits per heavy atom. The predicted molar refractivity (Wildman–Crippen MR) is 143 cm³/mol. The van der Waals surface area contributed by atoms with Gasteiger partial charge in [-0.1, -0.05) is 54.2 Å². The van der Waals surface area contributed by atoms with Crippen LogP contribution in [-0.4, -0.2) is 50.0 Å². The second-order valence-electron chi connectivity index (χ2n) is 8.61. The molecule has 2 aromatic carbocycles. The first-order valence-corrected chi connectivity index (χ1v) is 14.6. The van der Waals surface area contributed by atoms with E-state index in [0.29, 0.717) is 25.8 Å². The second-order valence-corrected chi connectivity index (χ2v) is 12.2. The smallest absolute Gasteiger partial charge is 0.244 e. The zero-order valence-corrected chi connectivity index (χ0v) is 23.4. The summed E-state index contributed by atoms with van der Waals surface area (Å²) in [7, 11) is -3.82. The van der Waals surface area contributed by atoms with Crippen molar-refractivity contribution in [1.29, 1.82) is 0 Å². The fourth-order valence-electron chi connectivity index (χ4n) is 4.08. The van der Waals surface area contributed by atoms with Gasteiger partial charge in [-0.05, 0) is 60.0 Å². The van der Waals surface area contributed by atoms with Gasteiger partial charge in [-0.15, -0.1) is 0 Å². The maximum absolute atomic E-state index is 13.6. The maximum Gasteiger partial charge on any atom is 0.244 e. The number of carbonyl (C=O) groups excluding carboxylic acids is 2. The molecule has 1 N–H and O–H groups in total. The second kappa shape index (κ2) is 12.0. The van der Waals surface area contributed by atoms with Crippen molar-refractivity contribution < 1.29 is 18.0 Å². The third-order valence-electron chi connectivity index (χ3n) is 6.06. The van der Waals surface area contributed by atoms with Crippen molar-refractivity contribution in [3.8, 4) is 0 Å². The molecule has 2 aromatic rings. The van der Waals surface area contributed by atoms with Crippen LogP contribution in [0.15, 0.2) is 46.9 Å². The molecule has 3 rings (SSSR count). The van der Waals surface area contributed by atoms with Crippen molar-refractivity contribution in [3.05, 3.63) is 62.5 Å². The highest BCUT2D eigenvalue weighted by atomic mass is 79.9. The number of anilines is 1. The van der Waals surface area contributed by atoms with Gasteiger partial charge in [0.1, 0.15) is 12.6 Å². The van der Waals surface area contributed by atoms with E-state index in [1.807, 2.05) is 0 Å². The van der Waals surface area contributed by atoms with Gasteiger partial charge in [-0.3, -0.25) is 13.9 Å². The molecule has 7 nitrogen and oxygen atoms in total. The van der Waals surface area contributed by atoms with Gasteiger partial charge < -0.3 is 10.2 Å². The summed E-state index contributed by atoms with van der Waals surface area (Å²) in [5, 5.41) is 3.72. The minimum absolute atomic E-state index is 0.0514. The fourth-order valence-corrected chi connectivity index (χ4v) is 6.07. The van der Waals surface area contributed by atoms with Gasteiger partial charge in [0.05, 0.1) is 11.9 Å². The Bertz CT molecular complexity index is 1170. The summed E-state index contributed by atoms with van der Waals surface area (Å²) in [4.78, 5) is 28.1. The van der Waals surface area contributed by atoms with E-state index in [9.17, 15) is 18.0 Å². The van der Waals surface area contributed by atoms with Crippen molar-refractivity contribution in [1.82, 2.24) is 10.2 Å². The highest BCUT2D eigenvalue weighted by Gasteiger charge is 2.32. The van der Waals surface area contributed by atoms with Crippen molar-refractivity contribution in [2.24, 2.45) is 0 Å².